The van der Waals surface area contributed by atoms with Gasteiger partial charge in [-0.2, -0.15) is 0 Å². The first-order chi connectivity index (χ1) is 10.6. The third kappa shape index (κ3) is 5.15. The molecule has 0 saturated carbocycles. The number of halogens is 2. The highest BCUT2D eigenvalue weighted by Crippen LogP contribution is 2.26. The molecule has 9 heteroatoms. The Morgan fingerprint density at radius 2 is 1.96 bits per heavy atom. The summed E-state index contributed by atoms with van der Waals surface area (Å²) < 4.78 is 3.14. The van der Waals surface area contributed by atoms with Gasteiger partial charge in [0.25, 0.3) is 5.91 Å². The molecule has 0 spiro atoms. The van der Waals surface area contributed by atoms with Crippen LogP contribution < -0.4 is 5.32 Å². The first-order valence-electron chi connectivity index (χ1n) is 6.82. The average molecular weight is 454 g/mol. The second-order valence-electron chi connectivity index (χ2n) is 5.25. The van der Waals surface area contributed by atoms with Gasteiger partial charge in [-0.15, -0.1) is 0 Å². The van der Waals surface area contributed by atoms with Gasteiger partial charge in [0.05, 0.1) is 15.5 Å². The minimum Gasteiger partial charge on any atom is -0.481 e. The quantitative estimate of drug-likeness (QED) is 0.520. The number of nitrogens with one attached hydrogen (secondary N) is 1. The van der Waals surface area contributed by atoms with E-state index in [9.17, 15) is 19.5 Å². The molecule has 1 aromatic rings. The highest BCUT2D eigenvalue weighted by molar-refractivity contribution is 9.13. The lowest BCUT2D eigenvalue weighted by Gasteiger charge is -2.23. The molecule has 3 N–H and O–H groups in total. The van der Waals surface area contributed by atoms with E-state index in [0.29, 0.717) is 5.69 Å². The molecule has 1 heterocycles. The molecule has 0 fully saturated rings. The fraction of sp³-hybridized carbons (Fsp3) is 0.500. The van der Waals surface area contributed by atoms with Crippen LogP contribution in [0.25, 0.3) is 0 Å². The minimum atomic E-state index is -1.90. The van der Waals surface area contributed by atoms with Gasteiger partial charge in [-0.1, -0.05) is 0 Å². The van der Waals surface area contributed by atoms with Crippen LogP contribution in [0.5, 0.6) is 0 Å². The molecule has 0 saturated heterocycles. The zero-order valence-corrected chi connectivity index (χ0v) is 15.9. The Hall–Kier alpha value is -1.19. The Morgan fingerprint density at radius 1 is 1.35 bits per heavy atom. The van der Waals surface area contributed by atoms with E-state index in [1.54, 1.807) is 17.7 Å². The summed E-state index contributed by atoms with van der Waals surface area (Å²) in [6.45, 7) is 1.37. The minimum absolute atomic E-state index is 0.0323. The van der Waals surface area contributed by atoms with Crippen LogP contribution in [0.1, 0.15) is 36.7 Å². The van der Waals surface area contributed by atoms with Gasteiger partial charge in [-0.05, 0) is 57.7 Å². The average Bonchev–Trinajstić information content (AvgIpc) is 2.70. The summed E-state index contributed by atoms with van der Waals surface area (Å²) in [5.74, 6) is -2.14. The topological polar surface area (TPSA) is 109 Å². The fourth-order valence-corrected chi connectivity index (χ4v) is 2.86. The number of carboxylic acids is 1. The molecule has 0 bridgehead atoms. The van der Waals surface area contributed by atoms with E-state index >= 15 is 0 Å². The lowest BCUT2D eigenvalue weighted by Crippen LogP contribution is -2.40. The lowest BCUT2D eigenvalue weighted by atomic mass is 9.90. The summed E-state index contributed by atoms with van der Waals surface area (Å²) in [4.78, 5) is 34.2. The van der Waals surface area contributed by atoms with Crippen molar-refractivity contribution in [1.29, 1.82) is 0 Å². The van der Waals surface area contributed by atoms with Gasteiger partial charge in [-0.25, -0.2) is 0 Å². The molecule has 0 aliphatic rings. The number of ketones is 1. The molecule has 0 radical (unpaired) electrons. The molecule has 7 nitrogen and oxygen atoms in total. The van der Waals surface area contributed by atoms with Gasteiger partial charge in [0, 0.05) is 13.6 Å². The van der Waals surface area contributed by atoms with Crippen LogP contribution in [-0.4, -0.2) is 44.6 Å². The zero-order valence-electron chi connectivity index (χ0n) is 12.7. The molecule has 0 aromatic carbocycles. The van der Waals surface area contributed by atoms with Crippen molar-refractivity contribution in [2.75, 3.05) is 6.54 Å². The van der Waals surface area contributed by atoms with E-state index in [4.69, 9.17) is 5.11 Å². The van der Waals surface area contributed by atoms with Gasteiger partial charge >= 0.3 is 5.97 Å². The SMILES string of the molecule is CC(=O)[C@@](O)(CCCNC(=O)c1cc(Br)c(Br)n1C)CC(=O)O. The highest BCUT2D eigenvalue weighted by atomic mass is 79.9. The standard InChI is InChI=1S/C14H18Br2N2O5/c1-8(19)14(23,7-11(20)21)4-3-5-17-13(22)10-6-9(15)12(16)18(10)2/h6,23H,3-5,7H2,1-2H3,(H,17,22)(H,20,21)/t14-/m1/s1. The highest BCUT2D eigenvalue weighted by Gasteiger charge is 2.34. The molecule has 128 valence electrons. The maximum absolute atomic E-state index is 12.1. The van der Waals surface area contributed by atoms with Gasteiger partial charge in [0.1, 0.15) is 11.3 Å². The van der Waals surface area contributed by atoms with Crippen LogP contribution in [0.2, 0.25) is 0 Å². The number of hydrogen-bond donors (Lipinski definition) is 3. The summed E-state index contributed by atoms with van der Waals surface area (Å²) in [5, 5.41) is 21.5. The number of aromatic nitrogens is 1. The van der Waals surface area contributed by atoms with Crippen molar-refractivity contribution in [3.05, 3.63) is 20.8 Å². The molecule has 0 aliphatic heterocycles. The van der Waals surface area contributed by atoms with E-state index in [2.05, 4.69) is 37.2 Å². The van der Waals surface area contributed by atoms with E-state index in [1.807, 2.05) is 0 Å². The van der Waals surface area contributed by atoms with Crippen LogP contribution >= 0.6 is 31.9 Å². The normalized spacial score (nSPS) is 13.4. The first-order valence-corrected chi connectivity index (χ1v) is 8.41. The maximum Gasteiger partial charge on any atom is 0.306 e. The predicted octanol–water partition coefficient (Wildman–Crippen LogP) is 1.85. The van der Waals surface area contributed by atoms with Crippen LogP contribution in [-0.2, 0) is 16.6 Å². The van der Waals surface area contributed by atoms with E-state index in [1.165, 1.54) is 0 Å². The smallest absolute Gasteiger partial charge is 0.306 e. The number of aliphatic carboxylic acids is 1. The largest absolute Gasteiger partial charge is 0.481 e. The van der Waals surface area contributed by atoms with Crippen LogP contribution in [0.15, 0.2) is 15.1 Å². The summed E-state index contributed by atoms with van der Waals surface area (Å²) in [6, 6.07) is 1.66. The van der Waals surface area contributed by atoms with Gasteiger partial charge in [0.2, 0.25) is 0 Å². The number of aliphatic hydroxyl groups is 1. The number of Topliss-reactive ketones (excluding diaryl/α,β-unsaturated/α-hetero) is 1. The Morgan fingerprint density at radius 3 is 2.39 bits per heavy atom. The number of rotatable bonds is 8. The molecule has 1 rings (SSSR count). The molecular formula is C14H18Br2N2O5. The van der Waals surface area contributed by atoms with Crippen molar-refractivity contribution >= 4 is 49.5 Å². The first kappa shape index (κ1) is 19.9. The molecule has 23 heavy (non-hydrogen) atoms. The van der Waals surface area contributed by atoms with Gasteiger partial charge in [0.15, 0.2) is 5.78 Å². The van der Waals surface area contributed by atoms with Crippen LogP contribution in [0.3, 0.4) is 0 Å². The lowest BCUT2D eigenvalue weighted by molar-refractivity contribution is -0.150. The van der Waals surface area contributed by atoms with Crippen LogP contribution in [0, 0.1) is 0 Å². The number of carbonyl (C=O) groups excluding carboxylic acids is 2. The summed E-state index contributed by atoms with van der Waals surface area (Å²) >= 11 is 6.63. The number of nitrogens with zero attached hydrogens (tertiary/aromatic N) is 1. The number of carbonyl (C=O) groups is 3. The van der Waals surface area contributed by atoms with Crippen molar-refractivity contribution in [3.63, 3.8) is 0 Å². The molecule has 0 aliphatic carbocycles. The van der Waals surface area contributed by atoms with Crippen LogP contribution in [0.4, 0.5) is 0 Å². The predicted molar refractivity (Wildman–Crippen MR) is 90.3 cm³/mol. The van der Waals surface area contributed by atoms with Crippen molar-refractivity contribution < 1.29 is 24.6 Å². The van der Waals surface area contributed by atoms with Crippen molar-refractivity contribution in [2.24, 2.45) is 7.05 Å². The molecular weight excluding hydrogens is 436 g/mol. The Kier molecular flexibility index (Phi) is 6.97. The van der Waals surface area contributed by atoms with E-state index in [0.717, 1.165) is 16.0 Å². The van der Waals surface area contributed by atoms with Crippen molar-refractivity contribution in [2.45, 2.75) is 31.8 Å². The molecule has 1 aromatic heterocycles. The number of hydrogen-bond acceptors (Lipinski definition) is 4. The van der Waals surface area contributed by atoms with Gasteiger partial charge < -0.3 is 20.1 Å². The van der Waals surface area contributed by atoms with E-state index in [-0.39, 0.29) is 25.3 Å². The number of amides is 1. The Bertz CT molecular complexity index is 629. The fourth-order valence-electron chi connectivity index (χ4n) is 2.07. The summed E-state index contributed by atoms with van der Waals surface area (Å²) in [6.07, 6.45) is -0.398. The molecule has 1 atom stereocenters. The third-order valence-electron chi connectivity index (χ3n) is 3.50. The third-order valence-corrected chi connectivity index (χ3v) is 5.60. The molecule has 1 amide bonds. The van der Waals surface area contributed by atoms with E-state index < -0.39 is 23.8 Å². The van der Waals surface area contributed by atoms with Crippen molar-refractivity contribution in [3.8, 4) is 0 Å². The monoisotopic (exact) mass is 452 g/mol. The second kappa shape index (κ2) is 8.07. The van der Waals surface area contributed by atoms with Gasteiger partial charge in [-0.3, -0.25) is 14.4 Å². The Labute approximate surface area is 150 Å². The Balaban J connectivity index is 2.56. The molecule has 0 unspecified atom stereocenters. The number of carboxylic acid groups (broad SMARTS) is 1. The second-order valence-corrected chi connectivity index (χ2v) is 6.85. The van der Waals surface area contributed by atoms with Crippen molar-refractivity contribution in [1.82, 2.24) is 9.88 Å². The summed E-state index contributed by atoms with van der Waals surface area (Å²) in [5.41, 5.74) is -1.45. The maximum atomic E-state index is 12.1. The summed E-state index contributed by atoms with van der Waals surface area (Å²) in [7, 11) is 1.73. The zero-order chi connectivity index (χ0) is 17.8.